The normalized spacial score (nSPS) is 43.5. The quantitative estimate of drug-likeness (QED) is 0.228. The fourth-order valence-electron chi connectivity index (χ4n) is 12.0. The third kappa shape index (κ3) is 5.78. The number of nitrogen functional groups attached to an aromatic ring is 1. The second-order valence-corrected chi connectivity index (χ2v) is 19.7. The molecule has 0 radical (unpaired) electrons. The van der Waals surface area contributed by atoms with E-state index < -0.39 is 11.5 Å². The van der Waals surface area contributed by atoms with Crippen LogP contribution in [0.25, 0.3) is 0 Å². The summed E-state index contributed by atoms with van der Waals surface area (Å²) in [5, 5.41) is 23.0. The van der Waals surface area contributed by atoms with Crippen molar-refractivity contribution in [1.82, 2.24) is 20.6 Å². The second kappa shape index (κ2) is 12.6. The molecule has 0 unspecified atom stereocenters. The molecule has 5 aliphatic rings. The minimum absolute atomic E-state index is 0.0142. The van der Waals surface area contributed by atoms with Gasteiger partial charge >= 0.3 is 5.97 Å². The molecule has 1 aliphatic heterocycles. The van der Waals surface area contributed by atoms with Crippen molar-refractivity contribution in [3.05, 3.63) is 11.6 Å². The van der Waals surface area contributed by atoms with E-state index in [2.05, 4.69) is 110 Å². The Kier molecular flexibility index (Phi) is 9.80. The summed E-state index contributed by atoms with van der Waals surface area (Å²) in [7, 11) is 0. The standard InChI is InChI=1S/C38H65NO4.CH3N5/c1-23(2)25(4)33(8)17-18-35(10)26-13-14-28-34(9)20-42-22-38(28,27(26)15-16-36(35,11)29(33)31(40)41)19-24(3)30(34)43-21-37(12,39)32(5,6)7;2-1-3-5-6-4-1/h15,23-26,28-30H,13-14,16-22,39H2,1-12H3,(H,40,41);(H3,2,3,4,5,6)/t24-,25-,26+,28+,29-,30+,33-,34+,35-,36+,37+,38+;/m1./s1. The number of nitrogens with zero attached hydrogens (tertiary/aromatic N) is 3. The lowest BCUT2D eigenvalue weighted by molar-refractivity contribution is -0.253. The van der Waals surface area contributed by atoms with Crippen LogP contribution < -0.4 is 11.5 Å². The number of aromatic nitrogens is 4. The molecule has 2 bridgehead atoms. The average Bonchev–Trinajstić information content (AvgIpc) is 3.47. The third-order valence-corrected chi connectivity index (χ3v) is 16.0. The Balaban J connectivity index is 0.000000704. The summed E-state index contributed by atoms with van der Waals surface area (Å²) in [6.45, 7) is 29.6. The molecule has 4 fully saturated rings. The van der Waals surface area contributed by atoms with E-state index in [9.17, 15) is 9.90 Å². The summed E-state index contributed by atoms with van der Waals surface area (Å²) in [4.78, 5) is 13.3. The van der Waals surface area contributed by atoms with Gasteiger partial charge in [-0.1, -0.05) is 92.9 Å². The van der Waals surface area contributed by atoms with E-state index in [0.717, 1.165) is 51.7 Å². The Bertz CT molecular complexity index is 1390. The number of aliphatic carboxylic acids is 1. The molecule has 10 nitrogen and oxygen atoms in total. The minimum Gasteiger partial charge on any atom is -0.481 e. The second-order valence-electron chi connectivity index (χ2n) is 19.7. The highest BCUT2D eigenvalue weighted by molar-refractivity contribution is 5.73. The highest BCUT2D eigenvalue weighted by atomic mass is 16.5. The largest absolute Gasteiger partial charge is 0.481 e. The van der Waals surface area contributed by atoms with Crippen molar-refractivity contribution in [3.63, 3.8) is 0 Å². The van der Waals surface area contributed by atoms with E-state index in [0.29, 0.717) is 36.2 Å². The Hall–Kier alpha value is -2.04. The van der Waals surface area contributed by atoms with Gasteiger partial charge in [-0.2, -0.15) is 5.21 Å². The highest BCUT2D eigenvalue weighted by Crippen LogP contribution is 2.75. The summed E-state index contributed by atoms with van der Waals surface area (Å²) in [6, 6.07) is 0. The Labute approximate surface area is 295 Å². The lowest BCUT2D eigenvalue weighted by Crippen LogP contribution is -2.69. The molecule has 3 saturated carbocycles. The molecule has 0 aromatic carbocycles. The van der Waals surface area contributed by atoms with Crippen LogP contribution in [-0.4, -0.2) is 63.2 Å². The average molecular weight is 685 g/mol. The Morgan fingerprint density at radius 2 is 1.78 bits per heavy atom. The van der Waals surface area contributed by atoms with Crippen molar-refractivity contribution >= 4 is 11.9 Å². The number of carboxylic acid groups (broad SMARTS) is 1. The van der Waals surface area contributed by atoms with Crippen LogP contribution in [0.15, 0.2) is 11.6 Å². The molecule has 278 valence electrons. The van der Waals surface area contributed by atoms with Gasteiger partial charge in [0.25, 0.3) is 5.95 Å². The van der Waals surface area contributed by atoms with E-state index in [1.54, 1.807) is 5.57 Å². The monoisotopic (exact) mass is 685 g/mol. The summed E-state index contributed by atoms with van der Waals surface area (Å²) < 4.78 is 13.5. The summed E-state index contributed by atoms with van der Waals surface area (Å²) >= 11 is 0. The summed E-state index contributed by atoms with van der Waals surface area (Å²) in [5.74, 6) is 1.36. The van der Waals surface area contributed by atoms with Crippen molar-refractivity contribution in [3.8, 4) is 0 Å². The number of carboxylic acids is 1. The van der Waals surface area contributed by atoms with Crippen LogP contribution in [-0.2, 0) is 14.3 Å². The molecule has 1 aromatic rings. The Morgan fingerprint density at radius 1 is 1.10 bits per heavy atom. The SMILES string of the molecule is CC(C)[C@@H](C)[C@@]1(C)CC[C@]2(C)[C@H]3CC[C@@H]4[C@@]5(COC[C@]4(C)[C@@H](OC[C@](C)(N)C(C)(C)C)[C@H](C)C5)C3=CC[C@@]2(C)[C@@H]1C(=O)O.Nc1nn[nH]n1. The zero-order valence-electron chi connectivity index (χ0n) is 32.7. The topological polar surface area (TPSA) is 162 Å². The van der Waals surface area contributed by atoms with Crippen molar-refractivity contribution < 1.29 is 19.4 Å². The van der Waals surface area contributed by atoms with E-state index >= 15 is 0 Å². The molecule has 6 rings (SSSR count). The zero-order chi connectivity index (χ0) is 36.6. The van der Waals surface area contributed by atoms with Crippen LogP contribution >= 0.6 is 0 Å². The molecule has 1 saturated heterocycles. The van der Waals surface area contributed by atoms with Gasteiger partial charge < -0.3 is 26.0 Å². The number of hydrogen-bond acceptors (Lipinski definition) is 8. The lowest BCUT2D eigenvalue weighted by Gasteiger charge is -2.71. The smallest absolute Gasteiger partial charge is 0.307 e. The fraction of sp³-hybridized carbons (Fsp3) is 0.897. The minimum atomic E-state index is -0.589. The molecule has 0 amide bonds. The Morgan fingerprint density at radius 3 is 2.31 bits per heavy atom. The van der Waals surface area contributed by atoms with E-state index in [-0.39, 0.29) is 50.5 Å². The first-order valence-corrected chi connectivity index (χ1v) is 18.9. The van der Waals surface area contributed by atoms with Crippen LogP contribution in [0.5, 0.6) is 0 Å². The van der Waals surface area contributed by atoms with Gasteiger partial charge in [-0.25, -0.2) is 0 Å². The first-order valence-electron chi connectivity index (χ1n) is 18.9. The summed E-state index contributed by atoms with van der Waals surface area (Å²) in [5.41, 5.74) is 12.3. The maximum atomic E-state index is 13.3. The molecule has 49 heavy (non-hydrogen) atoms. The van der Waals surface area contributed by atoms with Gasteiger partial charge in [-0.05, 0) is 102 Å². The van der Waals surface area contributed by atoms with Gasteiger partial charge in [0.2, 0.25) is 0 Å². The van der Waals surface area contributed by atoms with Gasteiger partial charge in [0.15, 0.2) is 0 Å². The van der Waals surface area contributed by atoms with Crippen LogP contribution in [0.3, 0.4) is 0 Å². The van der Waals surface area contributed by atoms with Gasteiger partial charge in [-0.15, -0.1) is 5.10 Å². The molecule has 0 spiro atoms. The van der Waals surface area contributed by atoms with Gasteiger partial charge in [0, 0.05) is 16.4 Å². The third-order valence-electron chi connectivity index (χ3n) is 16.0. The number of H-pyrrole nitrogens is 1. The van der Waals surface area contributed by atoms with E-state index in [4.69, 9.17) is 20.9 Å². The number of fused-ring (bicyclic) bond motifs is 3. The molecule has 10 heteroatoms. The number of nitrogens with one attached hydrogen (secondary N) is 1. The van der Waals surface area contributed by atoms with E-state index in [1.165, 1.54) is 0 Å². The first-order chi connectivity index (χ1) is 22.5. The van der Waals surface area contributed by atoms with Crippen molar-refractivity contribution in [2.24, 2.45) is 73.7 Å². The van der Waals surface area contributed by atoms with Crippen molar-refractivity contribution in [2.75, 3.05) is 25.6 Å². The molecule has 12 atom stereocenters. The van der Waals surface area contributed by atoms with Gasteiger partial charge in [0.1, 0.15) is 0 Å². The lowest BCUT2D eigenvalue weighted by atomic mass is 9.34. The zero-order valence-corrected chi connectivity index (χ0v) is 32.7. The number of rotatable bonds is 6. The van der Waals surface area contributed by atoms with Crippen LogP contribution in [0, 0.1) is 68.0 Å². The number of nitrogens with two attached hydrogens (primary N) is 2. The summed E-state index contributed by atoms with van der Waals surface area (Å²) in [6.07, 6.45) is 8.99. The first kappa shape index (κ1) is 38.2. The number of tetrazole rings is 1. The molecule has 6 N–H and O–H groups in total. The molecule has 1 aromatic heterocycles. The van der Waals surface area contributed by atoms with Gasteiger partial charge in [-0.3, -0.25) is 4.79 Å². The number of aromatic amines is 1. The maximum absolute atomic E-state index is 13.3. The van der Waals surface area contributed by atoms with Gasteiger partial charge in [0.05, 0.1) is 31.8 Å². The van der Waals surface area contributed by atoms with Crippen molar-refractivity contribution in [2.45, 2.75) is 133 Å². The number of anilines is 1. The predicted molar refractivity (Wildman–Crippen MR) is 193 cm³/mol. The van der Waals surface area contributed by atoms with Crippen LogP contribution in [0.4, 0.5) is 5.95 Å². The van der Waals surface area contributed by atoms with Crippen LogP contribution in [0.1, 0.15) is 122 Å². The molecule has 2 heterocycles. The molecular formula is C39H68N6O4. The number of hydrogen-bond donors (Lipinski definition) is 4. The maximum Gasteiger partial charge on any atom is 0.307 e. The molecular weight excluding hydrogens is 616 g/mol. The highest BCUT2D eigenvalue weighted by Gasteiger charge is 2.71. The number of ether oxygens (including phenoxy) is 2. The van der Waals surface area contributed by atoms with Crippen molar-refractivity contribution in [1.29, 1.82) is 0 Å². The number of carbonyl (C=O) groups is 1. The van der Waals surface area contributed by atoms with E-state index in [1.807, 2.05) is 0 Å². The predicted octanol–water partition coefficient (Wildman–Crippen LogP) is 7.14. The number of allylic oxidation sites excluding steroid dienone is 1. The fourth-order valence-corrected chi connectivity index (χ4v) is 12.0. The molecule has 4 aliphatic carbocycles. The van der Waals surface area contributed by atoms with Crippen LogP contribution in [0.2, 0.25) is 0 Å².